The van der Waals surface area contributed by atoms with Crippen LogP contribution in [0.15, 0.2) is 78.9 Å². The maximum absolute atomic E-state index is 13.7. The molecule has 0 unspecified atom stereocenters. The van der Waals surface area contributed by atoms with E-state index in [1.165, 1.54) is 0 Å². The molecule has 0 saturated carbocycles. The van der Waals surface area contributed by atoms with E-state index in [9.17, 15) is 9.59 Å². The van der Waals surface area contributed by atoms with Crippen LogP contribution in [-0.2, 0) is 22.6 Å². The average Bonchev–Trinajstić information content (AvgIpc) is 2.90. The second-order valence-corrected chi connectivity index (χ2v) is 8.97. The molecule has 2 amide bonds. The SMILES string of the molecule is CC[C@H](C)NC(=O)[C@@H](Cc1ccccc1)N(Cc1ccc(C)cc1)C(=O)COc1ccccc1OC. The molecule has 6 heteroatoms. The van der Waals surface area contributed by atoms with Crippen LogP contribution >= 0.6 is 0 Å². The monoisotopic (exact) mass is 488 g/mol. The predicted octanol–water partition coefficient (Wildman–Crippen LogP) is 4.94. The van der Waals surface area contributed by atoms with Crippen LogP contribution in [-0.4, -0.2) is 42.5 Å². The number of hydrogen-bond donors (Lipinski definition) is 1. The maximum Gasteiger partial charge on any atom is 0.261 e. The zero-order chi connectivity index (χ0) is 25.9. The van der Waals surface area contributed by atoms with Crippen LogP contribution in [0.4, 0.5) is 0 Å². The Morgan fingerprint density at radius 3 is 2.17 bits per heavy atom. The normalized spacial score (nSPS) is 12.3. The quantitative estimate of drug-likeness (QED) is 0.392. The molecule has 0 aliphatic heterocycles. The molecule has 0 aliphatic carbocycles. The van der Waals surface area contributed by atoms with Gasteiger partial charge >= 0.3 is 0 Å². The molecule has 0 aromatic heterocycles. The molecule has 190 valence electrons. The summed E-state index contributed by atoms with van der Waals surface area (Å²) in [6.45, 7) is 6.08. The highest BCUT2D eigenvalue weighted by atomic mass is 16.5. The van der Waals surface area contributed by atoms with E-state index < -0.39 is 6.04 Å². The minimum absolute atomic E-state index is 0.00284. The molecule has 3 aromatic carbocycles. The lowest BCUT2D eigenvalue weighted by molar-refractivity contribution is -0.143. The number of amides is 2. The van der Waals surface area contributed by atoms with E-state index in [-0.39, 0.29) is 24.5 Å². The summed E-state index contributed by atoms with van der Waals surface area (Å²) in [7, 11) is 1.56. The number of nitrogens with zero attached hydrogens (tertiary/aromatic N) is 1. The van der Waals surface area contributed by atoms with Gasteiger partial charge in [0.05, 0.1) is 7.11 Å². The molecule has 3 aromatic rings. The summed E-state index contributed by atoms with van der Waals surface area (Å²) in [4.78, 5) is 28.8. The molecular formula is C30H36N2O4. The molecule has 0 fully saturated rings. The third kappa shape index (κ3) is 7.60. The number of benzene rings is 3. The highest BCUT2D eigenvalue weighted by Crippen LogP contribution is 2.26. The molecule has 36 heavy (non-hydrogen) atoms. The first-order chi connectivity index (χ1) is 17.4. The fourth-order valence-electron chi connectivity index (χ4n) is 3.85. The van der Waals surface area contributed by atoms with Crippen molar-refractivity contribution < 1.29 is 19.1 Å². The van der Waals surface area contributed by atoms with Crippen LogP contribution < -0.4 is 14.8 Å². The van der Waals surface area contributed by atoms with Crippen LogP contribution in [0.1, 0.15) is 37.0 Å². The van der Waals surface area contributed by atoms with Crippen LogP contribution in [0.5, 0.6) is 11.5 Å². The van der Waals surface area contributed by atoms with Crippen LogP contribution in [0, 0.1) is 6.92 Å². The Morgan fingerprint density at radius 2 is 1.53 bits per heavy atom. The summed E-state index contributed by atoms with van der Waals surface area (Å²) in [5.74, 6) is 0.575. The van der Waals surface area contributed by atoms with Gasteiger partial charge in [-0.25, -0.2) is 0 Å². The zero-order valence-corrected chi connectivity index (χ0v) is 21.6. The Hall–Kier alpha value is -3.80. The number of carbonyl (C=O) groups excluding carboxylic acids is 2. The van der Waals surface area contributed by atoms with Crippen molar-refractivity contribution in [3.8, 4) is 11.5 Å². The van der Waals surface area contributed by atoms with Gasteiger partial charge in [-0.3, -0.25) is 9.59 Å². The number of aryl methyl sites for hydroxylation is 1. The molecule has 0 aliphatic rings. The summed E-state index contributed by atoms with van der Waals surface area (Å²) in [6, 6.07) is 24.3. The molecule has 1 N–H and O–H groups in total. The number of methoxy groups -OCH3 is 1. The van der Waals surface area contributed by atoms with Crippen LogP contribution in [0.2, 0.25) is 0 Å². The van der Waals surface area contributed by atoms with Crippen LogP contribution in [0.3, 0.4) is 0 Å². The van der Waals surface area contributed by atoms with Gasteiger partial charge in [0.1, 0.15) is 6.04 Å². The van der Waals surface area contributed by atoms with Crippen molar-refractivity contribution in [2.75, 3.05) is 13.7 Å². The van der Waals surface area contributed by atoms with E-state index in [1.807, 2.05) is 87.5 Å². The minimum atomic E-state index is -0.698. The standard InChI is InChI=1S/C30H36N2O4/c1-5-23(3)31-30(34)26(19-24-11-7-6-8-12-24)32(20-25-17-15-22(2)16-18-25)29(33)21-36-28-14-10-9-13-27(28)35-4/h6-18,23,26H,5,19-21H2,1-4H3,(H,31,34)/t23-,26+/m0/s1. The van der Waals surface area contributed by atoms with Crippen LogP contribution in [0.25, 0.3) is 0 Å². The van der Waals surface area contributed by atoms with E-state index in [0.717, 1.165) is 23.1 Å². The molecule has 0 saturated heterocycles. The summed E-state index contributed by atoms with van der Waals surface area (Å²) in [5.41, 5.74) is 3.06. The second-order valence-electron chi connectivity index (χ2n) is 8.97. The number of para-hydroxylation sites is 2. The lowest BCUT2D eigenvalue weighted by atomic mass is 10.0. The van der Waals surface area contributed by atoms with Gasteiger partial charge < -0.3 is 19.7 Å². The average molecular weight is 489 g/mol. The van der Waals surface area contributed by atoms with E-state index >= 15 is 0 Å². The van der Waals surface area contributed by atoms with Crippen molar-refractivity contribution in [1.29, 1.82) is 0 Å². The van der Waals surface area contributed by atoms with Gasteiger partial charge in [-0.15, -0.1) is 0 Å². The third-order valence-corrected chi connectivity index (χ3v) is 6.17. The van der Waals surface area contributed by atoms with Crippen molar-refractivity contribution in [1.82, 2.24) is 10.2 Å². The first-order valence-corrected chi connectivity index (χ1v) is 12.4. The Labute approximate surface area is 214 Å². The fourth-order valence-corrected chi connectivity index (χ4v) is 3.85. The number of ether oxygens (including phenoxy) is 2. The predicted molar refractivity (Wildman–Crippen MR) is 142 cm³/mol. The molecule has 3 rings (SSSR count). The van der Waals surface area contributed by atoms with E-state index in [4.69, 9.17) is 9.47 Å². The number of carbonyl (C=O) groups is 2. The van der Waals surface area contributed by atoms with Gasteiger partial charge in [0, 0.05) is 19.0 Å². The molecule has 0 heterocycles. The third-order valence-electron chi connectivity index (χ3n) is 6.17. The highest BCUT2D eigenvalue weighted by Gasteiger charge is 2.31. The first-order valence-electron chi connectivity index (χ1n) is 12.4. The molecular weight excluding hydrogens is 452 g/mol. The topological polar surface area (TPSA) is 67.9 Å². The number of hydrogen-bond acceptors (Lipinski definition) is 4. The summed E-state index contributed by atoms with van der Waals surface area (Å²) >= 11 is 0. The first kappa shape index (κ1) is 26.8. The Kier molecular flexibility index (Phi) is 9.92. The van der Waals surface area contributed by atoms with Gasteiger partial charge in [0.2, 0.25) is 5.91 Å². The fraction of sp³-hybridized carbons (Fsp3) is 0.333. The smallest absolute Gasteiger partial charge is 0.261 e. The van der Waals surface area contributed by atoms with Crippen molar-refractivity contribution in [2.24, 2.45) is 0 Å². The summed E-state index contributed by atoms with van der Waals surface area (Å²) in [6.07, 6.45) is 1.20. The molecule has 2 atom stereocenters. The van der Waals surface area contributed by atoms with Gasteiger partial charge in [-0.2, -0.15) is 0 Å². The van der Waals surface area contributed by atoms with Crippen molar-refractivity contribution in [2.45, 2.75) is 52.2 Å². The van der Waals surface area contributed by atoms with Gasteiger partial charge in [0.15, 0.2) is 18.1 Å². The Morgan fingerprint density at radius 1 is 0.889 bits per heavy atom. The lowest BCUT2D eigenvalue weighted by Crippen LogP contribution is -2.53. The number of nitrogens with one attached hydrogen (secondary N) is 1. The molecule has 6 nitrogen and oxygen atoms in total. The largest absolute Gasteiger partial charge is 0.493 e. The molecule has 0 radical (unpaired) electrons. The highest BCUT2D eigenvalue weighted by molar-refractivity contribution is 5.88. The summed E-state index contributed by atoms with van der Waals surface area (Å²) in [5, 5.41) is 3.08. The van der Waals surface area contributed by atoms with Crippen molar-refractivity contribution in [3.63, 3.8) is 0 Å². The Balaban J connectivity index is 1.92. The van der Waals surface area contributed by atoms with E-state index in [1.54, 1.807) is 24.1 Å². The van der Waals surface area contributed by atoms with Gasteiger partial charge in [0.25, 0.3) is 5.91 Å². The molecule has 0 spiro atoms. The van der Waals surface area contributed by atoms with E-state index in [0.29, 0.717) is 24.5 Å². The van der Waals surface area contributed by atoms with E-state index in [2.05, 4.69) is 5.32 Å². The molecule has 0 bridgehead atoms. The van der Waals surface area contributed by atoms with Gasteiger partial charge in [-0.1, -0.05) is 79.2 Å². The Bertz CT molecular complexity index is 1120. The minimum Gasteiger partial charge on any atom is -0.493 e. The summed E-state index contributed by atoms with van der Waals surface area (Å²) < 4.78 is 11.2. The zero-order valence-electron chi connectivity index (χ0n) is 21.6. The number of rotatable bonds is 12. The van der Waals surface area contributed by atoms with Gasteiger partial charge in [-0.05, 0) is 43.5 Å². The second kappa shape index (κ2) is 13.3. The lowest BCUT2D eigenvalue weighted by Gasteiger charge is -2.32. The van der Waals surface area contributed by atoms with Crippen molar-refractivity contribution >= 4 is 11.8 Å². The maximum atomic E-state index is 13.7. The van der Waals surface area contributed by atoms with Crippen molar-refractivity contribution in [3.05, 3.63) is 95.6 Å².